The molecular formula is C15H20N4. The van der Waals surface area contributed by atoms with Gasteiger partial charge in [0.1, 0.15) is 5.82 Å². The summed E-state index contributed by atoms with van der Waals surface area (Å²) in [5, 5.41) is 5.44. The normalized spacial score (nSPS) is 12.1. The van der Waals surface area contributed by atoms with Gasteiger partial charge < -0.3 is 5.32 Å². The van der Waals surface area contributed by atoms with Crippen LogP contribution in [0, 0.1) is 0 Å². The molecule has 0 saturated carbocycles. The van der Waals surface area contributed by atoms with Crippen molar-refractivity contribution in [3.8, 4) is 0 Å². The maximum atomic E-state index is 4.42. The summed E-state index contributed by atoms with van der Waals surface area (Å²) in [5.41, 5.74) is 0.941. The van der Waals surface area contributed by atoms with Crippen LogP contribution in [-0.2, 0) is 0 Å². The smallest absolute Gasteiger partial charge is 0.148 e. The Kier molecular flexibility index (Phi) is 4.61. The summed E-state index contributed by atoms with van der Waals surface area (Å²) < 4.78 is 0. The highest BCUT2D eigenvalue weighted by molar-refractivity contribution is 5.55. The zero-order valence-electron chi connectivity index (χ0n) is 11.3. The van der Waals surface area contributed by atoms with Gasteiger partial charge in [0.2, 0.25) is 0 Å². The standard InChI is InChI=1S/C13H12N4.C2H6.H2/c1-2-4-12-10(3-1)7-11(8-16-12)17-13-9-14-5-6-15-13;1-2;/h3-9H,1-2H2,(H,15,17);1-2H3;1H. The fraction of sp³-hybridized carbons (Fsp3) is 0.267. The second kappa shape index (κ2) is 6.64. The number of nitrogens with zero attached hydrogens (tertiary/aromatic N) is 3. The van der Waals surface area contributed by atoms with Gasteiger partial charge in [0.15, 0.2) is 0 Å². The van der Waals surface area contributed by atoms with Crippen LogP contribution in [0.3, 0.4) is 0 Å². The quantitative estimate of drug-likeness (QED) is 0.895. The molecule has 0 spiro atoms. The summed E-state index contributed by atoms with van der Waals surface area (Å²) in [7, 11) is 0. The lowest BCUT2D eigenvalue weighted by Gasteiger charge is -2.05. The van der Waals surface area contributed by atoms with Crippen LogP contribution in [0.5, 0.6) is 0 Å². The number of fused-ring (bicyclic) bond motifs is 1. The third-order valence-corrected chi connectivity index (χ3v) is 2.65. The minimum absolute atomic E-state index is 0. The number of hydrogen-bond acceptors (Lipinski definition) is 4. The molecule has 0 radical (unpaired) electrons. The zero-order valence-corrected chi connectivity index (χ0v) is 11.3. The SMILES string of the molecule is C1=c2cc(Nc3cnccn3)cnc2=CCC1.CC.[HH]. The van der Waals surface area contributed by atoms with Crippen molar-refractivity contribution in [3.63, 3.8) is 0 Å². The number of aromatic nitrogens is 3. The molecule has 0 aromatic carbocycles. The molecule has 2 heterocycles. The number of anilines is 2. The van der Waals surface area contributed by atoms with E-state index < -0.39 is 0 Å². The minimum atomic E-state index is 0. The highest BCUT2D eigenvalue weighted by Crippen LogP contribution is 2.08. The molecule has 0 saturated heterocycles. The van der Waals surface area contributed by atoms with Crippen LogP contribution < -0.4 is 15.9 Å². The van der Waals surface area contributed by atoms with Gasteiger partial charge >= 0.3 is 0 Å². The Hall–Kier alpha value is -2.23. The monoisotopic (exact) mass is 256 g/mol. The van der Waals surface area contributed by atoms with E-state index in [-0.39, 0.29) is 1.43 Å². The molecular weight excluding hydrogens is 236 g/mol. The molecule has 0 bridgehead atoms. The lowest BCUT2D eigenvalue weighted by atomic mass is 10.1. The molecule has 0 fully saturated rings. The molecule has 0 atom stereocenters. The molecule has 4 nitrogen and oxygen atoms in total. The predicted molar refractivity (Wildman–Crippen MR) is 80.4 cm³/mol. The highest BCUT2D eigenvalue weighted by atomic mass is 15.0. The molecule has 2 aromatic rings. The van der Waals surface area contributed by atoms with Crippen LogP contribution in [-0.4, -0.2) is 15.0 Å². The molecule has 1 N–H and O–H groups in total. The lowest BCUT2D eigenvalue weighted by Crippen LogP contribution is -2.29. The number of nitrogens with one attached hydrogen (secondary N) is 1. The highest BCUT2D eigenvalue weighted by Gasteiger charge is 1.98. The zero-order chi connectivity index (χ0) is 13.5. The van der Waals surface area contributed by atoms with Crippen molar-refractivity contribution >= 4 is 23.7 Å². The maximum absolute atomic E-state index is 4.42. The molecule has 19 heavy (non-hydrogen) atoms. The predicted octanol–water partition coefficient (Wildman–Crippen LogP) is 2.24. The van der Waals surface area contributed by atoms with Crippen LogP contribution in [0.15, 0.2) is 30.9 Å². The largest absolute Gasteiger partial charge is 0.338 e. The maximum Gasteiger partial charge on any atom is 0.148 e. The fourth-order valence-electron chi connectivity index (χ4n) is 1.87. The van der Waals surface area contributed by atoms with Crippen LogP contribution >= 0.6 is 0 Å². The first-order chi connectivity index (χ1) is 9.42. The van der Waals surface area contributed by atoms with Gasteiger partial charge in [0, 0.05) is 13.8 Å². The van der Waals surface area contributed by atoms with E-state index in [1.54, 1.807) is 18.6 Å². The lowest BCUT2D eigenvalue weighted by molar-refractivity contribution is 1.08. The van der Waals surface area contributed by atoms with Crippen molar-refractivity contribution in [2.24, 2.45) is 0 Å². The third-order valence-electron chi connectivity index (χ3n) is 2.65. The Morgan fingerprint density at radius 3 is 2.68 bits per heavy atom. The molecule has 0 amide bonds. The Bertz CT molecular complexity index is 641. The molecule has 4 heteroatoms. The van der Waals surface area contributed by atoms with E-state index >= 15 is 0 Å². The van der Waals surface area contributed by atoms with E-state index in [1.807, 2.05) is 20.0 Å². The Morgan fingerprint density at radius 1 is 1.05 bits per heavy atom. The van der Waals surface area contributed by atoms with E-state index in [0.29, 0.717) is 0 Å². The number of hydrogen-bond donors (Lipinski definition) is 1. The molecule has 2 aromatic heterocycles. The van der Waals surface area contributed by atoms with Crippen LogP contribution in [0.4, 0.5) is 11.5 Å². The van der Waals surface area contributed by atoms with Crippen molar-refractivity contribution in [2.45, 2.75) is 26.7 Å². The first kappa shape index (κ1) is 13.2. The summed E-state index contributed by atoms with van der Waals surface area (Å²) in [6.07, 6.45) is 13.4. The van der Waals surface area contributed by atoms with Gasteiger partial charge in [0.05, 0.1) is 23.4 Å². The molecule has 0 aliphatic heterocycles. The van der Waals surface area contributed by atoms with E-state index in [1.165, 1.54) is 5.22 Å². The molecule has 3 rings (SSSR count). The van der Waals surface area contributed by atoms with Gasteiger partial charge in [-0.2, -0.15) is 0 Å². The van der Waals surface area contributed by atoms with Gasteiger partial charge in [-0.3, -0.25) is 9.97 Å². The molecule has 1 aliphatic carbocycles. The van der Waals surface area contributed by atoms with Crippen molar-refractivity contribution in [3.05, 3.63) is 41.4 Å². The van der Waals surface area contributed by atoms with Crippen molar-refractivity contribution in [1.29, 1.82) is 0 Å². The van der Waals surface area contributed by atoms with Crippen LogP contribution in [0.2, 0.25) is 0 Å². The average Bonchev–Trinajstić information content (AvgIpc) is 2.50. The second-order valence-corrected chi connectivity index (χ2v) is 3.90. The summed E-state index contributed by atoms with van der Waals surface area (Å²) >= 11 is 0. The number of rotatable bonds is 2. The summed E-state index contributed by atoms with van der Waals surface area (Å²) in [5.74, 6) is 0.731. The van der Waals surface area contributed by atoms with Gasteiger partial charge in [-0.15, -0.1) is 0 Å². The van der Waals surface area contributed by atoms with Gasteiger partial charge in [-0.25, -0.2) is 4.98 Å². The molecule has 100 valence electrons. The van der Waals surface area contributed by atoms with Crippen molar-refractivity contribution in [2.75, 3.05) is 5.32 Å². The Balaban J connectivity index is 0.000000639. The van der Waals surface area contributed by atoms with Crippen LogP contribution in [0.25, 0.3) is 12.2 Å². The Labute approximate surface area is 114 Å². The first-order valence-corrected chi connectivity index (χ1v) is 6.61. The fourth-order valence-corrected chi connectivity index (χ4v) is 1.87. The van der Waals surface area contributed by atoms with E-state index in [4.69, 9.17) is 0 Å². The first-order valence-electron chi connectivity index (χ1n) is 6.61. The molecule has 0 unspecified atom stereocenters. The van der Waals surface area contributed by atoms with Crippen molar-refractivity contribution < 1.29 is 1.43 Å². The van der Waals surface area contributed by atoms with Crippen LogP contribution in [0.1, 0.15) is 28.1 Å². The Morgan fingerprint density at radius 2 is 1.89 bits per heavy atom. The molecule has 1 aliphatic rings. The van der Waals surface area contributed by atoms with E-state index in [9.17, 15) is 0 Å². The second-order valence-electron chi connectivity index (χ2n) is 3.90. The van der Waals surface area contributed by atoms with E-state index in [2.05, 4.69) is 38.5 Å². The van der Waals surface area contributed by atoms with Gasteiger partial charge in [-0.1, -0.05) is 26.0 Å². The van der Waals surface area contributed by atoms with E-state index in [0.717, 1.165) is 29.7 Å². The third kappa shape index (κ3) is 3.37. The van der Waals surface area contributed by atoms with Crippen molar-refractivity contribution in [1.82, 2.24) is 15.0 Å². The van der Waals surface area contributed by atoms with Gasteiger partial charge in [-0.05, 0) is 24.1 Å². The summed E-state index contributed by atoms with van der Waals surface area (Å²) in [6.45, 7) is 4.00. The summed E-state index contributed by atoms with van der Waals surface area (Å²) in [4.78, 5) is 12.6. The summed E-state index contributed by atoms with van der Waals surface area (Å²) in [6, 6.07) is 2.09. The average molecular weight is 256 g/mol. The number of pyridine rings is 1. The van der Waals surface area contributed by atoms with Gasteiger partial charge in [0.25, 0.3) is 0 Å². The topological polar surface area (TPSA) is 50.7 Å². The minimum Gasteiger partial charge on any atom is -0.338 e.